The minimum atomic E-state index is -3.66. The minimum Gasteiger partial charge on any atom is -0.313 e. The van der Waals surface area contributed by atoms with Crippen molar-refractivity contribution in [2.24, 2.45) is 11.8 Å². The molecular formula is C29H33F5O. The third-order valence-electron chi connectivity index (χ3n) is 7.82. The van der Waals surface area contributed by atoms with E-state index < -0.39 is 35.2 Å². The Balaban J connectivity index is 1.27. The van der Waals surface area contributed by atoms with Crippen LogP contribution in [0.5, 0.6) is 0 Å². The summed E-state index contributed by atoms with van der Waals surface area (Å²) in [5.41, 5.74) is 0.781. The Morgan fingerprint density at radius 2 is 1.46 bits per heavy atom. The van der Waals surface area contributed by atoms with Crippen molar-refractivity contribution < 1.29 is 26.7 Å². The van der Waals surface area contributed by atoms with Gasteiger partial charge >= 0.3 is 6.11 Å². The summed E-state index contributed by atoms with van der Waals surface area (Å²) in [5, 5.41) is 0. The molecule has 2 saturated carbocycles. The summed E-state index contributed by atoms with van der Waals surface area (Å²) < 4.78 is 75.9. The molecule has 0 bridgehead atoms. The van der Waals surface area contributed by atoms with E-state index in [2.05, 4.69) is 0 Å². The number of rotatable bonds is 7. The highest BCUT2D eigenvalue weighted by Gasteiger charge is 2.40. The standard InChI is InChI=1S/C29H33F5O/c1-2-3-4-19-5-15-25(27(31)17-19)29(33,34)35-24-13-10-21(11-14-24)20-6-8-22(9-7-20)23-12-16-26(30)28(32)18-23/h2-3,5,12,15-18,20-22,24H,4,6-11,13-14H2,1H3/b3-2-. The summed E-state index contributed by atoms with van der Waals surface area (Å²) in [6, 6.07) is 7.97. The van der Waals surface area contributed by atoms with Crippen LogP contribution in [0.4, 0.5) is 22.0 Å². The molecule has 0 amide bonds. The summed E-state index contributed by atoms with van der Waals surface area (Å²) in [6.07, 6.45) is 6.45. The summed E-state index contributed by atoms with van der Waals surface area (Å²) in [5.74, 6) is -1.36. The predicted molar refractivity (Wildman–Crippen MR) is 127 cm³/mol. The average molecular weight is 493 g/mol. The van der Waals surface area contributed by atoms with Gasteiger partial charge in [-0.1, -0.05) is 24.3 Å². The number of halogens is 5. The van der Waals surface area contributed by atoms with Gasteiger partial charge < -0.3 is 4.74 Å². The first-order valence-electron chi connectivity index (χ1n) is 12.7. The first kappa shape index (κ1) is 25.9. The largest absolute Gasteiger partial charge is 0.386 e. The summed E-state index contributed by atoms with van der Waals surface area (Å²) in [7, 11) is 0. The summed E-state index contributed by atoms with van der Waals surface area (Å²) in [4.78, 5) is 0. The normalized spacial score (nSPS) is 25.8. The first-order valence-corrected chi connectivity index (χ1v) is 12.7. The molecule has 0 spiro atoms. The monoisotopic (exact) mass is 492 g/mol. The molecular weight excluding hydrogens is 459 g/mol. The molecule has 0 radical (unpaired) electrons. The molecule has 4 rings (SSSR count). The SMILES string of the molecule is C/C=C\Cc1ccc(C(F)(F)OC2CCC(C3CCC(c4ccc(F)c(F)c4)CC3)CC2)c(F)c1. The van der Waals surface area contributed by atoms with Gasteiger partial charge in [-0.25, -0.2) is 13.2 Å². The molecule has 190 valence electrons. The van der Waals surface area contributed by atoms with Crippen molar-refractivity contribution in [1.29, 1.82) is 0 Å². The molecule has 0 aromatic heterocycles. The van der Waals surface area contributed by atoms with Gasteiger partial charge in [0.05, 0.1) is 11.7 Å². The minimum absolute atomic E-state index is 0.235. The molecule has 0 atom stereocenters. The second-order valence-corrected chi connectivity index (χ2v) is 10.0. The Morgan fingerprint density at radius 1 is 0.800 bits per heavy atom. The van der Waals surface area contributed by atoms with E-state index in [1.54, 1.807) is 6.07 Å². The Kier molecular flexibility index (Phi) is 8.31. The van der Waals surface area contributed by atoms with Gasteiger partial charge in [0.25, 0.3) is 0 Å². The maximum atomic E-state index is 14.8. The molecule has 0 heterocycles. The zero-order chi connectivity index (χ0) is 25.0. The van der Waals surface area contributed by atoms with E-state index in [0.717, 1.165) is 56.2 Å². The summed E-state index contributed by atoms with van der Waals surface area (Å²) >= 11 is 0. The summed E-state index contributed by atoms with van der Waals surface area (Å²) in [6.45, 7) is 1.85. The van der Waals surface area contributed by atoms with E-state index in [0.29, 0.717) is 36.7 Å². The molecule has 35 heavy (non-hydrogen) atoms. The number of hydrogen-bond acceptors (Lipinski definition) is 1. The Labute approximate surface area is 204 Å². The van der Waals surface area contributed by atoms with Gasteiger partial charge in [-0.2, -0.15) is 8.78 Å². The lowest BCUT2D eigenvalue weighted by Gasteiger charge is -2.38. The smallest absolute Gasteiger partial charge is 0.313 e. The van der Waals surface area contributed by atoms with Crippen molar-refractivity contribution in [3.05, 3.63) is 82.7 Å². The van der Waals surface area contributed by atoms with Gasteiger partial charge in [0.2, 0.25) is 0 Å². The van der Waals surface area contributed by atoms with E-state index in [1.165, 1.54) is 18.2 Å². The lowest BCUT2D eigenvalue weighted by molar-refractivity contribution is -0.279. The lowest BCUT2D eigenvalue weighted by atomic mass is 9.69. The third-order valence-corrected chi connectivity index (χ3v) is 7.82. The molecule has 6 heteroatoms. The van der Waals surface area contributed by atoms with Gasteiger partial charge in [0.1, 0.15) is 5.82 Å². The van der Waals surface area contributed by atoms with Crippen LogP contribution < -0.4 is 0 Å². The Hall–Kier alpha value is -2.21. The maximum absolute atomic E-state index is 14.8. The highest BCUT2D eigenvalue weighted by Crippen LogP contribution is 2.44. The zero-order valence-corrected chi connectivity index (χ0v) is 20.1. The van der Waals surface area contributed by atoms with Gasteiger partial charge in [0.15, 0.2) is 11.6 Å². The maximum Gasteiger partial charge on any atom is 0.386 e. The lowest BCUT2D eigenvalue weighted by Crippen LogP contribution is -2.32. The second kappa shape index (κ2) is 11.2. The molecule has 2 aromatic carbocycles. The van der Waals surface area contributed by atoms with E-state index in [1.807, 2.05) is 19.1 Å². The van der Waals surface area contributed by atoms with Crippen molar-refractivity contribution in [1.82, 2.24) is 0 Å². The van der Waals surface area contributed by atoms with Crippen LogP contribution >= 0.6 is 0 Å². The number of hydrogen-bond donors (Lipinski definition) is 0. The van der Waals surface area contributed by atoms with Gasteiger partial charge in [-0.05, 0) is 118 Å². The van der Waals surface area contributed by atoms with Crippen LogP contribution in [0.2, 0.25) is 0 Å². The molecule has 2 fully saturated rings. The fourth-order valence-corrected chi connectivity index (χ4v) is 5.82. The van der Waals surface area contributed by atoms with Crippen molar-refractivity contribution in [3.8, 4) is 0 Å². The fraction of sp³-hybridized carbons (Fsp3) is 0.517. The quantitative estimate of drug-likeness (QED) is 0.277. The van der Waals surface area contributed by atoms with Crippen molar-refractivity contribution >= 4 is 0 Å². The van der Waals surface area contributed by atoms with Crippen molar-refractivity contribution in [3.63, 3.8) is 0 Å². The van der Waals surface area contributed by atoms with Crippen molar-refractivity contribution in [2.45, 2.75) is 82.8 Å². The van der Waals surface area contributed by atoms with E-state index in [4.69, 9.17) is 4.74 Å². The molecule has 0 unspecified atom stereocenters. The fourth-order valence-electron chi connectivity index (χ4n) is 5.82. The Morgan fingerprint density at radius 3 is 2.06 bits per heavy atom. The number of ether oxygens (including phenoxy) is 1. The van der Waals surface area contributed by atoms with Gasteiger partial charge in [-0.15, -0.1) is 0 Å². The molecule has 0 saturated heterocycles. The van der Waals surface area contributed by atoms with E-state index in [9.17, 15) is 22.0 Å². The molecule has 0 N–H and O–H groups in total. The molecule has 2 aliphatic carbocycles. The zero-order valence-electron chi connectivity index (χ0n) is 20.1. The molecule has 2 aliphatic rings. The molecule has 2 aromatic rings. The van der Waals surface area contributed by atoms with Crippen LogP contribution in [-0.4, -0.2) is 6.10 Å². The molecule has 0 aliphatic heterocycles. The van der Waals surface area contributed by atoms with Crippen LogP contribution in [0.25, 0.3) is 0 Å². The Bertz CT molecular complexity index is 1020. The van der Waals surface area contributed by atoms with E-state index in [-0.39, 0.29) is 5.92 Å². The number of allylic oxidation sites excluding steroid dienone is 2. The highest BCUT2D eigenvalue weighted by molar-refractivity contribution is 5.28. The van der Waals surface area contributed by atoms with Crippen molar-refractivity contribution in [2.75, 3.05) is 0 Å². The van der Waals surface area contributed by atoms with Crippen LogP contribution in [0.1, 0.15) is 80.9 Å². The first-order chi connectivity index (χ1) is 16.8. The average Bonchev–Trinajstić information content (AvgIpc) is 2.85. The van der Waals surface area contributed by atoms with Crippen LogP contribution in [0.15, 0.2) is 48.6 Å². The topological polar surface area (TPSA) is 9.23 Å². The van der Waals surface area contributed by atoms with Crippen LogP contribution in [0.3, 0.4) is 0 Å². The van der Waals surface area contributed by atoms with Crippen LogP contribution in [0, 0.1) is 29.3 Å². The number of alkyl halides is 2. The predicted octanol–water partition coefficient (Wildman–Crippen LogP) is 8.82. The molecule has 1 nitrogen and oxygen atoms in total. The van der Waals surface area contributed by atoms with Crippen LogP contribution in [-0.2, 0) is 17.3 Å². The van der Waals surface area contributed by atoms with E-state index >= 15 is 0 Å². The number of benzene rings is 2. The van der Waals surface area contributed by atoms with Gasteiger partial charge in [0, 0.05) is 0 Å². The third kappa shape index (κ3) is 6.32. The van der Waals surface area contributed by atoms with Gasteiger partial charge in [-0.3, -0.25) is 0 Å². The second-order valence-electron chi connectivity index (χ2n) is 10.0. The highest BCUT2D eigenvalue weighted by atomic mass is 19.3.